The van der Waals surface area contributed by atoms with Crippen molar-refractivity contribution in [2.45, 2.75) is 44.2 Å². The van der Waals surface area contributed by atoms with E-state index in [-0.39, 0.29) is 17.5 Å². The van der Waals surface area contributed by atoms with Gasteiger partial charge in [0.25, 0.3) is 0 Å². The molecule has 6 heteroatoms. The van der Waals surface area contributed by atoms with E-state index >= 15 is 0 Å². The minimum atomic E-state index is -0.174. The van der Waals surface area contributed by atoms with Gasteiger partial charge in [-0.25, -0.2) is 0 Å². The number of nitrogens with zero attached hydrogens (tertiary/aromatic N) is 5. The maximum atomic E-state index is 13.2. The largest absolute Gasteiger partial charge is 0.339 e. The number of rotatable bonds is 3. The first-order valence-electron chi connectivity index (χ1n) is 9.23. The van der Waals surface area contributed by atoms with Gasteiger partial charge in [-0.05, 0) is 58.9 Å². The Hall–Kier alpha value is -1.40. The van der Waals surface area contributed by atoms with E-state index in [1.54, 1.807) is 6.20 Å². The van der Waals surface area contributed by atoms with Crippen molar-refractivity contribution in [3.05, 3.63) is 18.5 Å². The second-order valence-corrected chi connectivity index (χ2v) is 7.47. The molecule has 0 aliphatic carbocycles. The summed E-state index contributed by atoms with van der Waals surface area (Å²) in [6, 6.07) is 1.72. The van der Waals surface area contributed by atoms with Gasteiger partial charge in [0.15, 0.2) is 0 Å². The number of amides is 1. The Bertz CT molecular complexity index is 536. The maximum absolute atomic E-state index is 13.2. The molecular formula is C18H31N5O. The fourth-order valence-electron chi connectivity index (χ4n) is 4.20. The molecule has 6 nitrogen and oxygen atoms in total. The Labute approximate surface area is 145 Å². The number of carbonyl (C=O) groups excluding carboxylic acids is 1. The number of likely N-dealkylation sites (tertiary alicyclic amines) is 1. The summed E-state index contributed by atoms with van der Waals surface area (Å²) in [5, 5.41) is 4.31. The average molecular weight is 333 g/mol. The van der Waals surface area contributed by atoms with Gasteiger partial charge in [-0.3, -0.25) is 14.4 Å². The van der Waals surface area contributed by atoms with Gasteiger partial charge in [0.1, 0.15) is 6.04 Å². The molecule has 0 N–H and O–H groups in total. The third-order valence-electron chi connectivity index (χ3n) is 5.96. The van der Waals surface area contributed by atoms with E-state index in [0.717, 1.165) is 58.4 Å². The predicted octanol–water partition coefficient (Wildman–Crippen LogP) is 1.46. The molecule has 3 rings (SSSR count). The van der Waals surface area contributed by atoms with E-state index < -0.39 is 0 Å². The average Bonchev–Trinajstić information content (AvgIpc) is 3.05. The lowest BCUT2D eigenvalue weighted by Crippen LogP contribution is -2.58. The number of likely N-dealkylation sites (N-methyl/N-ethyl adjacent to an activating group) is 1. The van der Waals surface area contributed by atoms with Gasteiger partial charge in [0, 0.05) is 37.6 Å². The molecule has 0 radical (unpaired) electrons. The van der Waals surface area contributed by atoms with Crippen molar-refractivity contribution in [3.63, 3.8) is 0 Å². The summed E-state index contributed by atoms with van der Waals surface area (Å²) < 4.78 is 1.82. The first-order chi connectivity index (χ1) is 11.6. The fourth-order valence-corrected chi connectivity index (χ4v) is 4.20. The Kier molecular flexibility index (Phi) is 5.25. The summed E-state index contributed by atoms with van der Waals surface area (Å²) in [5.41, 5.74) is 0.140. The molecule has 24 heavy (non-hydrogen) atoms. The smallest absolute Gasteiger partial charge is 0.247 e. The lowest BCUT2D eigenvalue weighted by atomic mass is 9.85. The summed E-state index contributed by atoms with van der Waals surface area (Å²) in [5.74, 6) is 0.231. The van der Waals surface area contributed by atoms with Crippen LogP contribution in [0.25, 0.3) is 0 Å². The van der Waals surface area contributed by atoms with Crippen LogP contribution in [0.1, 0.15) is 38.6 Å². The lowest BCUT2D eigenvalue weighted by molar-refractivity contribution is -0.136. The van der Waals surface area contributed by atoms with Gasteiger partial charge in [0.2, 0.25) is 5.91 Å². The monoisotopic (exact) mass is 333 g/mol. The van der Waals surface area contributed by atoms with Crippen LogP contribution in [0.3, 0.4) is 0 Å². The second-order valence-electron chi connectivity index (χ2n) is 7.47. The minimum Gasteiger partial charge on any atom is -0.339 e. The summed E-state index contributed by atoms with van der Waals surface area (Å²) in [6.45, 7) is 7.09. The Balaban J connectivity index is 1.78. The zero-order chi connectivity index (χ0) is 17.2. The molecule has 0 aromatic carbocycles. The van der Waals surface area contributed by atoms with Crippen LogP contribution in [0.5, 0.6) is 0 Å². The third-order valence-corrected chi connectivity index (χ3v) is 5.96. The maximum Gasteiger partial charge on any atom is 0.247 e. The van der Waals surface area contributed by atoms with Crippen LogP contribution in [-0.2, 0) is 4.79 Å². The SMILES string of the molecule is CCC(C(=O)N1CCCN(C)C2(CCN(C)CC2)C1)n1cccn1. The summed E-state index contributed by atoms with van der Waals surface area (Å²) in [6.07, 6.45) is 7.77. The number of piperidine rings is 1. The highest BCUT2D eigenvalue weighted by atomic mass is 16.2. The van der Waals surface area contributed by atoms with Crippen LogP contribution in [-0.4, -0.2) is 82.7 Å². The predicted molar refractivity (Wildman–Crippen MR) is 94.8 cm³/mol. The van der Waals surface area contributed by atoms with Gasteiger partial charge < -0.3 is 9.80 Å². The molecule has 1 unspecified atom stereocenters. The molecule has 1 aromatic heterocycles. The summed E-state index contributed by atoms with van der Waals surface area (Å²) in [7, 11) is 4.43. The molecule has 1 aromatic rings. The molecule has 3 heterocycles. The van der Waals surface area contributed by atoms with Gasteiger partial charge in [-0.15, -0.1) is 0 Å². The second kappa shape index (κ2) is 7.23. The highest BCUT2D eigenvalue weighted by molar-refractivity contribution is 5.80. The van der Waals surface area contributed by atoms with Crippen LogP contribution in [0.2, 0.25) is 0 Å². The molecule has 1 spiro atoms. The quantitative estimate of drug-likeness (QED) is 0.840. The van der Waals surface area contributed by atoms with Crippen molar-refractivity contribution in [1.82, 2.24) is 24.5 Å². The van der Waals surface area contributed by atoms with E-state index in [0.29, 0.717) is 0 Å². The van der Waals surface area contributed by atoms with Crippen LogP contribution >= 0.6 is 0 Å². The van der Waals surface area contributed by atoms with Gasteiger partial charge >= 0.3 is 0 Å². The highest BCUT2D eigenvalue weighted by Gasteiger charge is 2.42. The molecular weight excluding hydrogens is 302 g/mol. The third kappa shape index (κ3) is 3.35. The first kappa shape index (κ1) is 17.4. The number of carbonyl (C=O) groups is 1. The number of hydrogen-bond acceptors (Lipinski definition) is 4. The van der Waals surface area contributed by atoms with Crippen molar-refractivity contribution in [3.8, 4) is 0 Å². The molecule has 1 amide bonds. The van der Waals surface area contributed by atoms with Gasteiger partial charge in [0.05, 0.1) is 0 Å². The summed E-state index contributed by atoms with van der Waals surface area (Å²) in [4.78, 5) is 20.2. The number of hydrogen-bond donors (Lipinski definition) is 0. The lowest BCUT2D eigenvalue weighted by Gasteiger charge is -2.47. The molecule has 2 aliphatic heterocycles. The van der Waals surface area contributed by atoms with Crippen LogP contribution in [0, 0.1) is 0 Å². The Morgan fingerprint density at radius 3 is 2.58 bits per heavy atom. The van der Waals surface area contributed by atoms with Crippen molar-refractivity contribution < 1.29 is 4.79 Å². The molecule has 2 saturated heterocycles. The van der Waals surface area contributed by atoms with E-state index in [4.69, 9.17) is 0 Å². The molecule has 1 atom stereocenters. The van der Waals surface area contributed by atoms with Crippen LogP contribution < -0.4 is 0 Å². The highest BCUT2D eigenvalue weighted by Crippen LogP contribution is 2.31. The van der Waals surface area contributed by atoms with Crippen molar-refractivity contribution in [1.29, 1.82) is 0 Å². The minimum absolute atomic E-state index is 0.140. The fraction of sp³-hybridized carbons (Fsp3) is 0.778. The van der Waals surface area contributed by atoms with Gasteiger partial charge in [-0.1, -0.05) is 6.92 Å². The van der Waals surface area contributed by atoms with Crippen LogP contribution in [0.15, 0.2) is 18.5 Å². The van der Waals surface area contributed by atoms with E-state index in [9.17, 15) is 4.79 Å². The molecule has 0 saturated carbocycles. The van der Waals surface area contributed by atoms with Crippen molar-refractivity contribution in [2.75, 3.05) is 46.8 Å². The summed E-state index contributed by atoms with van der Waals surface area (Å²) >= 11 is 0. The molecule has 2 fully saturated rings. The molecule has 2 aliphatic rings. The van der Waals surface area contributed by atoms with Crippen molar-refractivity contribution >= 4 is 5.91 Å². The number of aromatic nitrogens is 2. The topological polar surface area (TPSA) is 44.6 Å². The van der Waals surface area contributed by atoms with E-state index in [1.165, 1.54) is 0 Å². The zero-order valence-corrected chi connectivity index (χ0v) is 15.3. The van der Waals surface area contributed by atoms with E-state index in [2.05, 4.69) is 40.8 Å². The van der Waals surface area contributed by atoms with Crippen molar-refractivity contribution in [2.24, 2.45) is 0 Å². The van der Waals surface area contributed by atoms with Gasteiger partial charge in [-0.2, -0.15) is 5.10 Å². The van der Waals surface area contributed by atoms with Crippen LogP contribution in [0.4, 0.5) is 0 Å². The normalized spacial score (nSPS) is 24.0. The molecule has 134 valence electrons. The standard InChI is InChI=1S/C18H31N5O/c1-4-16(23-12-5-9-19-23)17(24)22-11-6-10-21(3)18(15-22)7-13-20(2)14-8-18/h5,9,12,16H,4,6-8,10-11,13-15H2,1-3H3. The zero-order valence-electron chi connectivity index (χ0n) is 15.3. The Morgan fingerprint density at radius 1 is 1.21 bits per heavy atom. The Morgan fingerprint density at radius 2 is 1.96 bits per heavy atom. The first-order valence-corrected chi connectivity index (χ1v) is 9.23. The molecule has 0 bridgehead atoms. The van der Waals surface area contributed by atoms with E-state index in [1.807, 2.05) is 16.9 Å².